The van der Waals surface area contributed by atoms with E-state index in [1.165, 1.54) is 0 Å². The summed E-state index contributed by atoms with van der Waals surface area (Å²) in [7, 11) is 0. The van der Waals surface area contributed by atoms with Gasteiger partial charge in [0.05, 0.1) is 11.1 Å². The summed E-state index contributed by atoms with van der Waals surface area (Å²) in [5.41, 5.74) is 2.25. The van der Waals surface area contributed by atoms with Crippen LogP contribution in [-0.2, 0) is 0 Å². The molecule has 3 aromatic rings. The van der Waals surface area contributed by atoms with Crippen molar-refractivity contribution in [2.24, 2.45) is 0 Å². The Hall–Kier alpha value is -3.44. The Balaban J connectivity index is 2.02. The maximum Gasteiger partial charge on any atom is 0.178 e. The number of imidazole rings is 1. The topological polar surface area (TPSA) is 60.0 Å². The molecule has 0 fully saturated rings. The number of nitrogens with zero attached hydrogens (tertiary/aromatic N) is 2. The van der Waals surface area contributed by atoms with Gasteiger partial charge in [-0.25, -0.2) is 9.97 Å². The molecule has 0 aliphatic rings. The number of hydrogen-bond acceptors (Lipinski definition) is 4. The number of hydrogen-bond donors (Lipinski definition) is 1. The Kier molecular flexibility index (Phi) is 4.13. The van der Waals surface area contributed by atoms with Crippen LogP contribution in [0, 0.1) is 24.7 Å². The van der Waals surface area contributed by atoms with Crippen LogP contribution in [0.1, 0.15) is 0 Å². The molecular weight excluding hydrogens is 290 g/mol. The van der Waals surface area contributed by atoms with Gasteiger partial charge >= 0.3 is 0 Å². The number of nitrogens with one attached hydrogen (secondary N) is 1. The van der Waals surface area contributed by atoms with Crippen molar-refractivity contribution in [3.63, 3.8) is 0 Å². The van der Waals surface area contributed by atoms with Crippen molar-refractivity contribution in [3.8, 4) is 47.6 Å². The lowest BCUT2D eigenvalue weighted by molar-refractivity contribution is 0.352. The number of benzene rings is 1. The quantitative estimate of drug-likeness (QED) is 0.736. The first-order valence-corrected chi connectivity index (χ1v) is 6.89. The summed E-state index contributed by atoms with van der Waals surface area (Å²) in [6.45, 7) is 0.326. The van der Waals surface area contributed by atoms with E-state index in [2.05, 4.69) is 26.8 Å². The fourth-order valence-corrected chi connectivity index (χ4v) is 2.12. The van der Waals surface area contributed by atoms with Gasteiger partial charge in [-0.3, -0.25) is 0 Å². The Bertz CT molecular complexity index is 883. The number of ether oxygens (including phenoxy) is 2. The second-order valence-corrected chi connectivity index (χ2v) is 4.60. The van der Waals surface area contributed by atoms with E-state index in [1.807, 2.05) is 18.2 Å². The first-order valence-electron chi connectivity index (χ1n) is 6.89. The molecule has 0 amide bonds. The first kappa shape index (κ1) is 14.5. The predicted molar refractivity (Wildman–Crippen MR) is 88.0 cm³/mol. The van der Waals surface area contributed by atoms with E-state index in [1.54, 1.807) is 18.3 Å². The fourth-order valence-electron chi connectivity index (χ4n) is 2.12. The van der Waals surface area contributed by atoms with Gasteiger partial charge in [0, 0.05) is 12.3 Å². The highest BCUT2D eigenvalue weighted by Crippen LogP contribution is 2.32. The van der Waals surface area contributed by atoms with Gasteiger partial charge in [-0.2, -0.15) is 0 Å². The third-order valence-corrected chi connectivity index (χ3v) is 3.10. The average Bonchev–Trinajstić information content (AvgIpc) is 3.02. The zero-order valence-corrected chi connectivity index (χ0v) is 12.2. The van der Waals surface area contributed by atoms with Gasteiger partial charge in [-0.05, 0) is 24.3 Å². The number of aromatic nitrogens is 3. The number of H-pyrrole nitrogens is 1. The van der Waals surface area contributed by atoms with E-state index >= 15 is 0 Å². The molecule has 2 aromatic heterocycles. The SMILES string of the molecule is C#CCOc1ccc(-c2nc3ncccc3[nH]2)c(OCC#C)c1. The number of rotatable bonds is 5. The van der Waals surface area contributed by atoms with Crippen molar-refractivity contribution in [1.82, 2.24) is 15.0 Å². The predicted octanol–water partition coefficient (Wildman–Crippen LogP) is 2.65. The summed E-state index contributed by atoms with van der Waals surface area (Å²) in [5.74, 6) is 6.68. The minimum absolute atomic E-state index is 0.143. The van der Waals surface area contributed by atoms with Crippen LogP contribution in [0.4, 0.5) is 0 Å². The molecule has 0 saturated heterocycles. The smallest absolute Gasteiger partial charge is 0.178 e. The lowest BCUT2D eigenvalue weighted by Gasteiger charge is -2.10. The molecule has 0 spiro atoms. The molecule has 0 unspecified atom stereocenters. The molecule has 0 saturated carbocycles. The minimum atomic E-state index is 0.143. The number of fused-ring (bicyclic) bond motifs is 1. The zero-order chi connectivity index (χ0) is 16.1. The molecule has 23 heavy (non-hydrogen) atoms. The Morgan fingerprint density at radius 1 is 1.09 bits per heavy atom. The molecule has 5 nitrogen and oxygen atoms in total. The summed E-state index contributed by atoms with van der Waals surface area (Å²) < 4.78 is 11.0. The van der Waals surface area contributed by atoms with Crippen LogP contribution in [0.25, 0.3) is 22.6 Å². The summed E-state index contributed by atoms with van der Waals surface area (Å²) >= 11 is 0. The Morgan fingerprint density at radius 3 is 2.70 bits per heavy atom. The van der Waals surface area contributed by atoms with Crippen LogP contribution >= 0.6 is 0 Å². The summed E-state index contributed by atoms with van der Waals surface area (Å²) in [6.07, 6.45) is 12.2. The Morgan fingerprint density at radius 2 is 1.91 bits per heavy atom. The van der Waals surface area contributed by atoms with Gasteiger partial charge in [-0.1, -0.05) is 11.8 Å². The summed E-state index contributed by atoms with van der Waals surface area (Å²) in [4.78, 5) is 11.9. The average molecular weight is 303 g/mol. The van der Waals surface area contributed by atoms with Gasteiger partial charge < -0.3 is 14.5 Å². The largest absolute Gasteiger partial charge is 0.481 e. The summed E-state index contributed by atoms with van der Waals surface area (Å²) in [6, 6.07) is 9.14. The molecular formula is C18H13N3O2. The highest BCUT2D eigenvalue weighted by Gasteiger charge is 2.13. The lowest BCUT2D eigenvalue weighted by Crippen LogP contribution is -1.99. The molecule has 0 radical (unpaired) electrons. The number of pyridine rings is 1. The monoisotopic (exact) mass is 303 g/mol. The van der Waals surface area contributed by atoms with E-state index in [0.29, 0.717) is 23.0 Å². The van der Waals surface area contributed by atoms with Crippen molar-refractivity contribution < 1.29 is 9.47 Å². The van der Waals surface area contributed by atoms with Crippen molar-refractivity contribution in [1.29, 1.82) is 0 Å². The van der Waals surface area contributed by atoms with Gasteiger partial charge in [0.1, 0.15) is 30.5 Å². The molecule has 0 atom stereocenters. The highest BCUT2D eigenvalue weighted by atomic mass is 16.5. The molecule has 3 rings (SSSR count). The van der Waals surface area contributed by atoms with Crippen LogP contribution in [-0.4, -0.2) is 28.2 Å². The van der Waals surface area contributed by atoms with Crippen LogP contribution in [0.2, 0.25) is 0 Å². The van der Waals surface area contributed by atoms with Crippen LogP contribution in [0.5, 0.6) is 11.5 Å². The standard InChI is InChI=1S/C18H13N3O2/c1-3-10-22-13-7-8-14(16(12-13)23-11-4-2)17-20-15-6-5-9-19-18(15)21-17/h1-2,5-9,12H,10-11H2,(H,19,20,21). The Labute approximate surface area is 133 Å². The minimum Gasteiger partial charge on any atom is -0.481 e. The van der Waals surface area contributed by atoms with Gasteiger partial charge in [-0.15, -0.1) is 12.8 Å². The van der Waals surface area contributed by atoms with Gasteiger partial charge in [0.25, 0.3) is 0 Å². The fraction of sp³-hybridized carbons (Fsp3) is 0.111. The van der Waals surface area contributed by atoms with Crippen LogP contribution in [0.3, 0.4) is 0 Å². The molecule has 1 aromatic carbocycles. The van der Waals surface area contributed by atoms with Crippen LogP contribution < -0.4 is 9.47 Å². The van der Waals surface area contributed by atoms with E-state index in [4.69, 9.17) is 22.3 Å². The van der Waals surface area contributed by atoms with E-state index in [0.717, 1.165) is 11.1 Å². The summed E-state index contributed by atoms with van der Waals surface area (Å²) in [5, 5.41) is 0. The molecule has 2 heterocycles. The van der Waals surface area contributed by atoms with Crippen LogP contribution in [0.15, 0.2) is 36.5 Å². The third kappa shape index (κ3) is 3.09. The van der Waals surface area contributed by atoms with E-state index < -0.39 is 0 Å². The first-order chi connectivity index (χ1) is 11.3. The van der Waals surface area contributed by atoms with E-state index in [9.17, 15) is 0 Å². The molecule has 0 aliphatic carbocycles. The molecule has 5 heteroatoms. The highest BCUT2D eigenvalue weighted by molar-refractivity contribution is 5.77. The molecule has 112 valence electrons. The molecule has 0 aliphatic heterocycles. The molecule has 0 bridgehead atoms. The van der Waals surface area contributed by atoms with Gasteiger partial charge in [0.2, 0.25) is 0 Å². The van der Waals surface area contributed by atoms with Gasteiger partial charge in [0.15, 0.2) is 5.65 Å². The van der Waals surface area contributed by atoms with Crippen molar-refractivity contribution in [2.45, 2.75) is 0 Å². The van der Waals surface area contributed by atoms with E-state index in [-0.39, 0.29) is 13.2 Å². The van der Waals surface area contributed by atoms with Crippen molar-refractivity contribution >= 4 is 11.2 Å². The second kappa shape index (κ2) is 6.55. The number of terminal acetylenes is 2. The number of aromatic amines is 1. The zero-order valence-electron chi connectivity index (χ0n) is 12.2. The molecule has 1 N–H and O–H groups in total. The lowest BCUT2D eigenvalue weighted by atomic mass is 10.2. The maximum atomic E-state index is 5.61. The van der Waals surface area contributed by atoms with Crippen molar-refractivity contribution in [2.75, 3.05) is 13.2 Å². The third-order valence-electron chi connectivity index (χ3n) is 3.10. The van der Waals surface area contributed by atoms with Crippen molar-refractivity contribution in [3.05, 3.63) is 36.5 Å². The second-order valence-electron chi connectivity index (χ2n) is 4.60. The maximum absolute atomic E-state index is 5.61. The normalized spacial score (nSPS) is 10.0.